The van der Waals surface area contributed by atoms with E-state index in [1.807, 2.05) is 63.2 Å². The number of ketones is 2. The first-order valence-electron chi connectivity index (χ1n) is 9.33. The maximum Gasteiger partial charge on any atom is 0.208 e. The predicted molar refractivity (Wildman–Crippen MR) is 102 cm³/mol. The van der Waals surface area contributed by atoms with E-state index >= 15 is 0 Å². The van der Waals surface area contributed by atoms with Gasteiger partial charge >= 0.3 is 0 Å². The molecular weight excluding hydrogens is 340 g/mol. The minimum absolute atomic E-state index is 0.0279. The number of benzene rings is 2. The van der Waals surface area contributed by atoms with Crippen LogP contribution in [0.5, 0.6) is 5.75 Å². The lowest BCUT2D eigenvalue weighted by atomic mass is 9.64. The van der Waals surface area contributed by atoms with E-state index in [2.05, 4.69) is 0 Å². The number of Topliss-reactive ketones (excluding diaryl/α,β-unsaturated/α-hetero) is 2. The van der Waals surface area contributed by atoms with Crippen molar-refractivity contribution in [3.05, 3.63) is 64.7 Å². The fraction of sp³-hybridized carbons (Fsp3) is 0.391. The molecule has 0 bridgehead atoms. The standard InChI is InChI=1S/C23H24O4/c1-14-9-20-18(11-17(14)19(25)10-15-7-5-4-6-8-15)23(21(26)27-20)13-16(24)12-22(23,2)3/h4-9,11,21,26H,10,12-13H2,1-3H3/t21-,23-/m1/s1. The average molecular weight is 364 g/mol. The van der Waals surface area contributed by atoms with E-state index < -0.39 is 17.1 Å². The molecule has 0 radical (unpaired) electrons. The summed E-state index contributed by atoms with van der Waals surface area (Å²) in [6.45, 7) is 5.86. The van der Waals surface area contributed by atoms with Gasteiger partial charge < -0.3 is 9.84 Å². The Morgan fingerprint density at radius 2 is 1.89 bits per heavy atom. The van der Waals surface area contributed by atoms with Gasteiger partial charge in [0.05, 0.1) is 5.41 Å². The van der Waals surface area contributed by atoms with Crippen molar-refractivity contribution < 1.29 is 19.4 Å². The number of rotatable bonds is 3. The number of fused-ring (bicyclic) bond motifs is 2. The number of carbonyl (C=O) groups is 2. The van der Waals surface area contributed by atoms with Crippen LogP contribution in [0.3, 0.4) is 0 Å². The molecule has 2 aromatic rings. The maximum atomic E-state index is 13.0. The maximum absolute atomic E-state index is 13.0. The summed E-state index contributed by atoms with van der Waals surface area (Å²) in [6, 6.07) is 13.3. The molecule has 1 fully saturated rings. The molecule has 0 unspecified atom stereocenters. The fourth-order valence-corrected chi connectivity index (χ4v) is 4.80. The number of ether oxygens (including phenoxy) is 1. The second-order valence-electron chi connectivity index (χ2n) is 8.47. The first-order chi connectivity index (χ1) is 12.7. The molecule has 1 N–H and O–H groups in total. The van der Waals surface area contributed by atoms with Crippen molar-refractivity contribution in [2.45, 2.75) is 51.7 Å². The highest BCUT2D eigenvalue weighted by Crippen LogP contribution is 2.60. The Bertz CT molecular complexity index is 929. The Balaban J connectivity index is 1.78. The van der Waals surface area contributed by atoms with Crippen LogP contribution in [0.15, 0.2) is 42.5 Å². The van der Waals surface area contributed by atoms with Crippen LogP contribution >= 0.6 is 0 Å². The number of aliphatic hydroxyl groups excluding tert-OH is 1. The van der Waals surface area contributed by atoms with Gasteiger partial charge in [0.1, 0.15) is 11.5 Å². The average Bonchev–Trinajstić information content (AvgIpc) is 3.00. The van der Waals surface area contributed by atoms with Crippen molar-refractivity contribution in [1.82, 2.24) is 0 Å². The van der Waals surface area contributed by atoms with Gasteiger partial charge in [-0.1, -0.05) is 44.2 Å². The molecule has 1 aliphatic heterocycles. The lowest BCUT2D eigenvalue weighted by molar-refractivity contribution is -0.119. The number of carbonyl (C=O) groups excluding carboxylic acids is 2. The third-order valence-corrected chi connectivity index (χ3v) is 6.30. The monoisotopic (exact) mass is 364 g/mol. The number of hydrogen-bond donors (Lipinski definition) is 1. The first kappa shape index (κ1) is 17.9. The Morgan fingerprint density at radius 3 is 2.52 bits per heavy atom. The molecule has 2 aliphatic rings. The van der Waals surface area contributed by atoms with E-state index in [0.717, 1.165) is 16.7 Å². The fourth-order valence-electron chi connectivity index (χ4n) is 4.80. The van der Waals surface area contributed by atoms with Crippen LogP contribution in [-0.4, -0.2) is 23.0 Å². The zero-order valence-corrected chi connectivity index (χ0v) is 15.9. The molecule has 2 aromatic carbocycles. The van der Waals surface area contributed by atoms with Crippen LogP contribution in [0.1, 0.15) is 53.7 Å². The molecule has 4 heteroatoms. The largest absolute Gasteiger partial charge is 0.464 e. The van der Waals surface area contributed by atoms with Gasteiger partial charge in [0.2, 0.25) is 6.29 Å². The summed E-state index contributed by atoms with van der Waals surface area (Å²) in [5, 5.41) is 10.8. The van der Waals surface area contributed by atoms with Crippen molar-refractivity contribution in [3.63, 3.8) is 0 Å². The molecule has 2 atom stereocenters. The van der Waals surface area contributed by atoms with E-state index in [4.69, 9.17) is 4.74 Å². The smallest absolute Gasteiger partial charge is 0.208 e. The third kappa shape index (κ3) is 2.62. The van der Waals surface area contributed by atoms with Gasteiger partial charge in [-0.2, -0.15) is 0 Å². The van der Waals surface area contributed by atoms with E-state index in [9.17, 15) is 14.7 Å². The zero-order valence-electron chi connectivity index (χ0n) is 15.9. The molecule has 4 rings (SSSR count). The first-order valence-corrected chi connectivity index (χ1v) is 9.33. The van der Waals surface area contributed by atoms with Crippen LogP contribution < -0.4 is 4.74 Å². The molecule has 4 nitrogen and oxygen atoms in total. The number of hydrogen-bond acceptors (Lipinski definition) is 4. The highest BCUT2D eigenvalue weighted by Gasteiger charge is 2.63. The van der Waals surface area contributed by atoms with E-state index in [-0.39, 0.29) is 18.0 Å². The summed E-state index contributed by atoms with van der Waals surface area (Å²) < 4.78 is 5.75. The Kier molecular flexibility index (Phi) is 4.00. The van der Waals surface area contributed by atoms with Crippen molar-refractivity contribution in [1.29, 1.82) is 0 Å². The quantitative estimate of drug-likeness (QED) is 0.843. The molecule has 1 aliphatic carbocycles. The predicted octanol–water partition coefficient (Wildman–Crippen LogP) is 3.76. The highest BCUT2D eigenvalue weighted by atomic mass is 16.6. The van der Waals surface area contributed by atoms with Crippen molar-refractivity contribution in [2.24, 2.45) is 5.41 Å². The molecule has 1 saturated carbocycles. The van der Waals surface area contributed by atoms with Crippen molar-refractivity contribution >= 4 is 11.6 Å². The number of aliphatic hydroxyl groups is 1. The van der Waals surface area contributed by atoms with E-state index in [1.165, 1.54) is 0 Å². The minimum Gasteiger partial charge on any atom is -0.464 e. The van der Waals surface area contributed by atoms with E-state index in [1.54, 1.807) is 0 Å². The van der Waals surface area contributed by atoms with Gasteiger partial charge in [-0.3, -0.25) is 9.59 Å². The summed E-state index contributed by atoms with van der Waals surface area (Å²) in [5.41, 5.74) is 1.96. The van der Waals surface area contributed by atoms with Crippen molar-refractivity contribution in [2.75, 3.05) is 0 Å². The second kappa shape index (κ2) is 6.03. The lowest BCUT2D eigenvalue weighted by Gasteiger charge is -2.38. The summed E-state index contributed by atoms with van der Waals surface area (Å²) in [6.07, 6.45) is -0.121. The third-order valence-electron chi connectivity index (χ3n) is 6.30. The van der Waals surface area contributed by atoms with Gasteiger partial charge in [0, 0.05) is 30.4 Å². The van der Waals surface area contributed by atoms with Gasteiger partial charge in [-0.15, -0.1) is 0 Å². The molecule has 140 valence electrons. The normalized spacial score (nSPS) is 25.5. The summed E-state index contributed by atoms with van der Waals surface area (Å²) in [4.78, 5) is 25.2. The molecule has 27 heavy (non-hydrogen) atoms. The highest BCUT2D eigenvalue weighted by molar-refractivity contribution is 5.99. The molecular formula is C23H24O4. The lowest BCUT2D eigenvalue weighted by Crippen LogP contribution is -2.46. The van der Waals surface area contributed by atoms with Crippen LogP contribution in [0, 0.1) is 12.3 Å². The zero-order chi connectivity index (χ0) is 19.4. The Labute approximate surface area is 159 Å². The Morgan fingerprint density at radius 1 is 1.19 bits per heavy atom. The summed E-state index contributed by atoms with van der Waals surface area (Å²) in [7, 11) is 0. The molecule has 0 saturated heterocycles. The minimum atomic E-state index is -1.08. The van der Waals surface area contributed by atoms with Crippen LogP contribution in [0.4, 0.5) is 0 Å². The topological polar surface area (TPSA) is 63.6 Å². The molecule has 0 aromatic heterocycles. The second-order valence-corrected chi connectivity index (χ2v) is 8.47. The molecule has 1 heterocycles. The summed E-state index contributed by atoms with van der Waals surface area (Å²) in [5.74, 6) is 0.729. The van der Waals surface area contributed by atoms with Gasteiger partial charge in [-0.25, -0.2) is 0 Å². The van der Waals surface area contributed by atoms with Gasteiger partial charge in [-0.05, 0) is 35.6 Å². The van der Waals surface area contributed by atoms with E-state index in [0.29, 0.717) is 24.2 Å². The van der Waals surface area contributed by atoms with Crippen LogP contribution in [0.2, 0.25) is 0 Å². The molecule has 1 spiro atoms. The van der Waals surface area contributed by atoms with Crippen molar-refractivity contribution in [3.8, 4) is 5.75 Å². The van der Waals surface area contributed by atoms with Crippen LogP contribution in [0.25, 0.3) is 0 Å². The number of aryl methyl sites for hydroxylation is 1. The molecule has 0 amide bonds. The Hall–Kier alpha value is -2.46. The van der Waals surface area contributed by atoms with Crippen LogP contribution in [-0.2, 0) is 16.6 Å². The summed E-state index contributed by atoms with van der Waals surface area (Å²) >= 11 is 0. The van der Waals surface area contributed by atoms with Gasteiger partial charge in [0.25, 0.3) is 0 Å². The SMILES string of the molecule is Cc1cc2c(cc1C(=O)Cc1ccccc1)[C@]1(CC(=O)CC1(C)C)[C@H](O)O2. The van der Waals surface area contributed by atoms with Gasteiger partial charge in [0.15, 0.2) is 5.78 Å².